The highest BCUT2D eigenvalue weighted by Gasteiger charge is 2.28. The van der Waals surface area contributed by atoms with Gasteiger partial charge in [-0.25, -0.2) is 9.97 Å². The van der Waals surface area contributed by atoms with E-state index in [-0.39, 0.29) is 5.91 Å². The Morgan fingerprint density at radius 1 is 1.33 bits per heavy atom. The first-order chi connectivity index (χ1) is 13.1. The van der Waals surface area contributed by atoms with Crippen LogP contribution in [0.15, 0.2) is 23.0 Å². The first-order valence-electron chi connectivity index (χ1n) is 9.83. The minimum absolute atomic E-state index is 0.0146. The van der Waals surface area contributed by atoms with Gasteiger partial charge in [-0.15, -0.1) is 0 Å². The fourth-order valence-electron chi connectivity index (χ4n) is 3.54. The number of unbranched alkanes of at least 4 members (excludes halogenated alkanes) is 1. The number of nitrogens with zero attached hydrogens (tertiary/aromatic N) is 3. The molecule has 3 heterocycles. The predicted octanol–water partition coefficient (Wildman–Crippen LogP) is 4.74. The summed E-state index contributed by atoms with van der Waals surface area (Å²) in [7, 11) is 0. The quantitative estimate of drug-likeness (QED) is 0.642. The van der Waals surface area contributed by atoms with Crippen molar-refractivity contribution in [3.63, 3.8) is 0 Å². The van der Waals surface area contributed by atoms with E-state index in [0.29, 0.717) is 11.7 Å². The Labute approximate surface area is 166 Å². The number of carbonyl (C=O) groups is 1. The monoisotopic (exact) mass is 387 g/mol. The number of hydrogen-bond acceptors (Lipinski definition) is 5. The van der Waals surface area contributed by atoms with E-state index in [9.17, 15) is 4.79 Å². The molecule has 1 fully saturated rings. The maximum atomic E-state index is 12.9. The zero-order valence-corrected chi connectivity index (χ0v) is 17.3. The first kappa shape index (κ1) is 19.9. The van der Waals surface area contributed by atoms with Crippen molar-refractivity contribution < 1.29 is 9.21 Å². The van der Waals surface area contributed by atoms with Crippen LogP contribution in [0, 0.1) is 13.8 Å². The number of aryl methyl sites for hydroxylation is 2. The second-order valence-corrected chi connectivity index (χ2v) is 8.36. The van der Waals surface area contributed by atoms with Crippen LogP contribution in [0.1, 0.15) is 71.7 Å². The molecule has 0 bridgehead atoms. The summed E-state index contributed by atoms with van der Waals surface area (Å²) >= 11 is 1.91. The summed E-state index contributed by atoms with van der Waals surface area (Å²) in [6.45, 7) is 7.70. The van der Waals surface area contributed by atoms with Gasteiger partial charge in [-0.1, -0.05) is 13.3 Å². The van der Waals surface area contributed by atoms with Crippen LogP contribution in [0.25, 0.3) is 0 Å². The molecule has 1 aliphatic heterocycles. The Morgan fingerprint density at radius 3 is 2.81 bits per heavy atom. The van der Waals surface area contributed by atoms with Crippen molar-refractivity contribution in [2.75, 3.05) is 18.8 Å². The van der Waals surface area contributed by atoms with Crippen LogP contribution in [-0.4, -0.2) is 39.6 Å². The largest absolute Gasteiger partial charge is 0.456 e. The highest BCUT2D eigenvalue weighted by Crippen LogP contribution is 2.29. The number of hydrogen-bond donors (Lipinski definition) is 0. The maximum absolute atomic E-state index is 12.9. The van der Waals surface area contributed by atoms with Gasteiger partial charge in [-0.05, 0) is 50.5 Å². The molecule has 2 aromatic heterocycles. The summed E-state index contributed by atoms with van der Waals surface area (Å²) < 4.78 is 5.79. The molecule has 6 heteroatoms. The maximum Gasteiger partial charge on any atom is 0.289 e. The molecule has 0 spiro atoms. The number of thioether (sulfide) groups is 1. The number of likely N-dealkylation sites (tertiary alicyclic amines) is 1. The lowest BCUT2D eigenvalue weighted by molar-refractivity contribution is 0.0678. The van der Waals surface area contributed by atoms with Crippen molar-refractivity contribution in [1.82, 2.24) is 14.9 Å². The van der Waals surface area contributed by atoms with Gasteiger partial charge in [0.25, 0.3) is 5.91 Å². The van der Waals surface area contributed by atoms with Crippen LogP contribution < -0.4 is 0 Å². The Balaban J connectivity index is 1.57. The van der Waals surface area contributed by atoms with Gasteiger partial charge in [0, 0.05) is 42.2 Å². The van der Waals surface area contributed by atoms with Crippen LogP contribution in [0.3, 0.4) is 0 Å². The number of piperidine rings is 1. The van der Waals surface area contributed by atoms with Crippen LogP contribution in [0.2, 0.25) is 0 Å². The lowest BCUT2D eigenvalue weighted by Crippen LogP contribution is -2.38. The smallest absolute Gasteiger partial charge is 0.289 e. The van der Waals surface area contributed by atoms with E-state index >= 15 is 0 Å². The van der Waals surface area contributed by atoms with Crippen LogP contribution >= 0.6 is 11.8 Å². The predicted molar refractivity (Wildman–Crippen MR) is 109 cm³/mol. The molecule has 27 heavy (non-hydrogen) atoms. The number of amides is 1. The molecule has 0 radical (unpaired) electrons. The average molecular weight is 388 g/mol. The fourth-order valence-corrected chi connectivity index (χ4v) is 4.69. The van der Waals surface area contributed by atoms with Crippen LogP contribution in [-0.2, 0) is 5.75 Å². The molecular weight excluding hydrogens is 358 g/mol. The number of carbonyl (C=O) groups excluding carboxylic acids is 1. The molecule has 3 rings (SSSR count). The highest BCUT2D eigenvalue weighted by molar-refractivity contribution is 7.98. The van der Waals surface area contributed by atoms with E-state index in [1.807, 2.05) is 35.8 Å². The molecule has 0 N–H and O–H groups in total. The standard InChI is InChI=1S/C21H29N3O2S/c1-4-5-10-27-13-18-11-19(26-16(18)3)21(25)24-8-6-17(7-9-24)20-15(2)12-22-14-23-20/h11-12,14,17H,4-10,13H2,1-3H3. The molecule has 1 amide bonds. The second kappa shape index (κ2) is 9.40. The molecule has 0 aliphatic carbocycles. The molecule has 0 saturated carbocycles. The molecule has 1 aliphatic rings. The molecule has 0 atom stereocenters. The van der Waals surface area contributed by atoms with Gasteiger partial charge in [0.2, 0.25) is 0 Å². The van der Waals surface area contributed by atoms with Gasteiger partial charge in [0.1, 0.15) is 12.1 Å². The van der Waals surface area contributed by atoms with Crippen molar-refractivity contribution in [3.8, 4) is 0 Å². The third-order valence-corrected chi connectivity index (χ3v) is 6.33. The molecule has 2 aromatic rings. The van der Waals surface area contributed by atoms with Crippen LogP contribution in [0.5, 0.6) is 0 Å². The van der Waals surface area contributed by atoms with Crippen molar-refractivity contribution >= 4 is 17.7 Å². The van der Waals surface area contributed by atoms with E-state index in [1.165, 1.54) is 12.8 Å². The number of furan rings is 1. The van der Waals surface area contributed by atoms with E-state index < -0.39 is 0 Å². The van der Waals surface area contributed by atoms with E-state index in [4.69, 9.17) is 4.42 Å². The Morgan fingerprint density at radius 2 is 2.11 bits per heavy atom. The summed E-state index contributed by atoms with van der Waals surface area (Å²) in [4.78, 5) is 23.3. The molecule has 0 unspecified atom stereocenters. The normalized spacial score (nSPS) is 15.3. The van der Waals surface area contributed by atoms with Crippen molar-refractivity contribution in [2.24, 2.45) is 0 Å². The molecule has 0 aromatic carbocycles. The minimum Gasteiger partial charge on any atom is -0.456 e. The zero-order valence-electron chi connectivity index (χ0n) is 16.5. The lowest BCUT2D eigenvalue weighted by Gasteiger charge is -2.31. The van der Waals surface area contributed by atoms with Gasteiger partial charge in [0.05, 0.1) is 0 Å². The summed E-state index contributed by atoms with van der Waals surface area (Å²) in [5, 5.41) is 0. The fraction of sp³-hybridized carbons (Fsp3) is 0.571. The van der Waals surface area contributed by atoms with Crippen molar-refractivity contribution in [2.45, 2.75) is 58.1 Å². The second-order valence-electron chi connectivity index (χ2n) is 7.26. The Hall–Kier alpha value is -1.82. The number of rotatable bonds is 7. The van der Waals surface area contributed by atoms with Gasteiger partial charge < -0.3 is 9.32 Å². The highest BCUT2D eigenvalue weighted by atomic mass is 32.2. The summed E-state index contributed by atoms with van der Waals surface area (Å²) in [6.07, 6.45) is 7.79. The van der Waals surface area contributed by atoms with E-state index in [2.05, 4.69) is 23.8 Å². The third kappa shape index (κ3) is 4.92. The van der Waals surface area contributed by atoms with Gasteiger partial charge >= 0.3 is 0 Å². The Bertz CT molecular complexity index is 767. The van der Waals surface area contributed by atoms with Gasteiger partial charge in [0.15, 0.2) is 5.76 Å². The lowest BCUT2D eigenvalue weighted by atomic mass is 9.91. The zero-order chi connectivity index (χ0) is 19.2. The molecule has 146 valence electrons. The SMILES string of the molecule is CCCCSCc1cc(C(=O)N2CCC(c3ncncc3C)CC2)oc1C. The molecular formula is C21H29N3O2S. The minimum atomic E-state index is 0.0146. The average Bonchev–Trinajstić information content (AvgIpc) is 3.06. The van der Waals surface area contributed by atoms with Gasteiger partial charge in [-0.3, -0.25) is 4.79 Å². The van der Waals surface area contributed by atoms with Crippen molar-refractivity contribution in [3.05, 3.63) is 46.9 Å². The number of aromatic nitrogens is 2. The third-order valence-electron chi connectivity index (χ3n) is 5.24. The van der Waals surface area contributed by atoms with Crippen LogP contribution in [0.4, 0.5) is 0 Å². The van der Waals surface area contributed by atoms with E-state index in [1.54, 1.807) is 6.33 Å². The summed E-state index contributed by atoms with van der Waals surface area (Å²) in [5.41, 5.74) is 3.40. The van der Waals surface area contributed by atoms with E-state index in [0.717, 1.165) is 60.0 Å². The van der Waals surface area contributed by atoms with Gasteiger partial charge in [-0.2, -0.15) is 11.8 Å². The first-order valence-corrected chi connectivity index (χ1v) is 11.0. The molecule has 5 nitrogen and oxygen atoms in total. The van der Waals surface area contributed by atoms with Crippen molar-refractivity contribution in [1.29, 1.82) is 0 Å². The molecule has 1 saturated heterocycles. The Kier molecular flexibility index (Phi) is 6.94. The summed E-state index contributed by atoms with van der Waals surface area (Å²) in [5.74, 6) is 3.84. The summed E-state index contributed by atoms with van der Waals surface area (Å²) in [6, 6.07) is 1.94. The topological polar surface area (TPSA) is 59.2 Å².